The molecule has 6 rings (SSSR count). The van der Waals surface area contributed by atoms with Crippen molar-refractivity contribution in [3.63, 3.8) is 0 Å². The van der Waals surface area contributed by atoms with Gasteiger partial charge >= 0.3 is 6.09 Å². The van der Waals surface area contributed by atoms with Gasteiger partial charge in [-0.3, -0.25) is 9.25 Å². The van der Waals surface area contributed by atoms with Crippen molar-refractivity contribution in [2.24, 2.45) is 7.05 Å². The number of aryl methyl sites for hydroxylation is 1. The number of carbonyl (C=O) groups is 1. The van der Waals surface area contributed by atoms with Crippen molar-refractivity contribution in [2.45, 2.75) is 32.9 Å². The van der Waals surface area contributed by atoms with Crippen LogP contribution in [0, 0.1) is 0 Å². The Balaban J connectivity index is 1.21. The van der Waals surface area contributed by atoms with Crippen LogP contribution in [0.3, 0.4) is 0 Å². The highest BCUT2D eigenvalue weighted by atomic mass is 32.1. The number of rotatable bonds is 6. The molecular weight excluding hydrogens is 532 g/mol. The summed E-state index contributed by atoms with van der Waals surface area (Å²) in [5.41, 5.74) is 2.79. The summed E-state index contributed by atoms with van der Waals surface area (Å²) in [6.45, 7) is 9.83. The van der Waals surface area contributed by atoms with E-state index in [0.29, 0.717) is 55.8 Å². The van der Waals surface area contributed by atoms with Gasteiger partial charge in [0.1, 0.15) is 16.9 Å². The average molecular weight is 565 g/mol. The highest BCUT2D eigenvalue weighted by molar-refractivity contribution is 7.12. The summed E-state index contributed by atoms with van der Waals surface area (Å²) in [5, 5.41) is 8.65. The number of nitrogens with one attached hydrogen (secondary N) is 1. The van der Waals surface area contributed by atoms with Gasteiger partial charge in [-0.1, -0.05) is 6.08 Å². The molecule has 1 amide bonds. The monoisotopic (exact) mass is 564 g/mol. The number of anilines is 2. The number of thiazole rings is 1. The zero-order chi connectivity index (χ0) is 27.9. The summed E-state index contributed by atoms with van der Waals surface area (Å²) in [6, 6.07) is 0. The number of aromatic nitrogens is 7. The van der Waals surface area contributed by atoms with Crippen LogP contribution in [-0.4, -0.2) is 90.3 Å². The lowest BCUT2D eigenvalue weighted by atomic mass is 10.2. The molecule has 210 valence electrons. The smallest absolute Gasteiger partial charge is 0.410 e. The van der Waals surface area contributed by atoms with E-state index in [1.54, 1.807) is 33.4 Å². The molecule has 2 aliphatic rings. The van der Waals surface area contributed by atoms with Crippen molar-refractivity contribution in [2.75, 3.05) is 49.6 Å². The number of hydrogen-bond acceptors (Lipinski definition) is 11. The zero-order valence-corrected chi connectivity index (χ0v) is 23.8. The molecule has 1 fully saturated rings. The number of hydrogen-bond donors (Lipinski definition) is 1. The number of carbonyl (C=O) groups excluding carboxylic acids is 1. The molecule has 0 aliphatic carbocycles. The quantitative estimate of drug-likeness (QED) is 0.373. The maximum absolute atomic E-state index is 12.5. The van der Waals surface area contributed by atoms with Gasteiger partial charge in [-0.15, -0.1) is 11.3 Å². The van der Waals surface area contributed by atoms with Crippen molar-refractivity contribution in [1.29, 1.82) is 0 Å². The fourth-order valence-corrected chi connectivity index (χ4v) is 5.43. The van der Waals surface area contributed by atoms with Crippen LogP contribution in [0.25, 0.3) is 22.4 Å². The topological polar surface area (TPSA) is 128 Å². The van der Waals surface area contributed by atoms with Gasteiger partial charge in [0.2, 0.25) is 5.95 Å². The fourth-order valence-electron chi connectivity index (χ4n) is 4.54. The van der Waals surface area contributed by atoms with Crippen molar-refractivity contribution in [3.8, 4) is 5.69 Å². The van der Waals surface area contributed by atoms with Gasteiger partial charge in [0, 0.05) is 39.1 Å². The van der Waals surface area contributed by atoms with Crippen LogP contribution in [0.1, 0.15) is 30.7 Å². The molecule has 0 spiro atoms. The first kappa shape index (κ1) is 26.2. The molecule has 0 saturated carbocycles. The van der Waals surface area contributed by atoms with Gasteiger partial charge in [0.25, 0.3) is 0 Å². The maximum atomic E-state index is 12.5. The first-order valence-electron chi connectivity index (χ1n) is 13.2. The number of nitrogens with zero attached hydrogens (tertiary/aromatic N) is 9. The highest BCUT2D eigenvalue weighted by Gasteiger charge is 2.26. The summed E-state index contributed by atoms with van der Waals surface area (Å²) < 4.78 is 14.7. The molecule has 4 aromatic rings. The molecule has 0 aromatic carbocycles. The lowest BCUT2D eigenvalue weighted by Gasteiger charge is -2.27. The van der Waals surface area contributed by atoms with Crippen LogP contribution in [0.15, 0.2) is 31.0 Å². The lowest BCUT2D eigenvalue weighted by Crippen LogP contribution is -2.37. The molecule has 4 aromatic heterocycles. The second-order valence-electron chi connectivity index (χ2n) is 10.7. The third-order valence-electron chi connectivity index (χ3n) is 6.50. The highest BCUT2D eigenvalue weighted by Crippen LogP contribution is 2.29. The van der Waals surface area contributed by atoms with Gasteiger partial charge in [-0.25, -0.2) is 14.8 Å². The second-order valence-corrected chi connectivity index (χ2v) is 11.8. The molecule has 1 saturated heterocycles. The molecule has 0 atom stereocenters. The zero-order valence-electron chi connectivity index (χ0n) is 23.0. The van der Waals surface area contributed by atoms with E-state index in [1.807, 2.05) is 44.8 Å². The number of amides is 1. The fraction of sp³-hybridized carbons (Fsp3) is 0.462. The molecule has 14 heteroatoms. The van der Waals surface area contributed by atoms with Crippen molar-refractivity contribution < 1.29 is 14.3 Å². The Morgan fingerprint density at radius 3 is 2.75 bits per heavy atom. The van der Waals surface area contributed by atoms with Gasteiger partial charge in [-0.05, 0) is 26.3 Å². The summed E-state index contributed by atoms with van der Waals surface area (Å²) >= 11 is 1.59. The summed E-state index contributed by atoms with van der Waals surface area (Å²) in [5.74, 6) is 1.27. The average Bonchev–Trinajstić information content (AvgIpc) is 3.73. The van der Waals surface area contributed by atoms with E-state index in [0.717, 1.165) is 34.2 Å². The molecule has 0 radical (unpaired) electrons. The summed E-state index contributed by atoms with van der Waals surface area (Å²) in [4.78, 5) is 36.3. The largest absolute Gasteiger partial charge is 0.444 e. The second kappa shape index (κ2) is 10.5. The number of imidazole rings is 1. The van der Waals surface area contributed by atoms with E-state index in [1.165, 1.54) is 0 Å². The van der Waals surface area contributed by atoms with Gasteiger partial charge in [-0.2, -0.15) is 15.1 Å². The molecular formula is C26H32N10O3S. The van der Waals surface area contributed by atoms with Gasteiger partial charge in [0.05, 0.1) is 43.1 Å². The van der Waals surface area contributed by atoms with Gasteiger partial charge in [0.15, 0.2) is 17.0 Å². The standard InChI is InChI=1S/C26H32N10O3S/c1-26(2,3)39-25(37)35-6-5-17(14-35)19-12-27-20(40-19)13-28-22-21-23(32-24(31-22)34-7-9-38-10-8-34)36(16-29-21)18-11-30-33(4)15-18/h5,11-12,15-16H,6-10,13-14H2,1-4H3,(H,28,31,32). The third kappa shape index (κ3) is 5.49. The molecule has 0 unspecified atom stereocenters. The molecule has 13 nitrogen and oxygen atoms in total. The Labute approximate surface area is 235 Å². The number of morpholine rings is 1. The Morgan fingerprint density at radius 2 is 2.00 bits per heavy atom. The first-order chi connectivity index (χ1) is 19.2. The summed E-state index contributed by atoms with van der Waals surface area (Å²) in [6.07, 6.45) is 9.06. The van der Waals surface area contributed by atoms with Crippen LogP contribution in [0.5, 0.6) is 0 Å². The van der Waals surface area contributed by atoms with Crippen molar-refractivity contribution in [1.82, 2.24) is 39.2 Å². The predicted octanol–water partition coefficient (Wildman–Crippen LogP) is 3.09. The first-order valence-corrected chi connectivity index (χ1v) is 14.0. The Morgan fingerprint density at radius 1 is 1.18 bits per heavy atom. The third-order valence-corrected chi connectivity index (χ3v) is 7.57. The van der Waals surface area contributed by atoms with Gasteiger partial charge < -0.3 is 24.6 Å². The molecule has 0 bridgehead atoms. The van der Waals surface area contributed by atoms with E-state index >= 15 is 0 Å². The van der Waals surface area contributed by atoms with E-state index in [-0.39, 0.29) is 6.09 Å². The number of ether oxygens (including phenoxy) is 2. The van der Waals surface area contributed by atoms with Crippen LogP contribution in [-0.2, 0) is 23.1 Å². The maximum Gasteiger partial charge on any atom is 0.410 e. The Kier molecular flexibility index (Phi) is 6.88. The molecule has 1 N–H and O–H groups in total. The van der Waals surface area contributed by atoms with Crippen LogP contribution in [0.4, 0.5) is 16.6 Å². The number of fused-ring (bicyclic) bond motifs is 1. The minimum absolute atomic E-state index is 0.306. The lowest BCUT2D eigenvalue weighted by molar-refractivity contribution is 0.0306. The van der Waals surface area contributed by atoms with E-state index in [2.05, 4.69) is 31.4 Å². The van der Waals surface area contributed by atoms with Crippen molar-refractivity contribution >= 4 is 45.9 Å². The van der Waals surface area contributed by atoms with Crippen LogP contribution >= 0.6 is 11.3 Å². The van der Waals surface area contributed by atoms with E-state index in [9.17, 15) is 4.79 Å². The molecule has 6 heterocycles. The Bertz CT molecular complexity index is 1560. The summed E-state index contributed by atoms with van der Waals surface area (Å²) in [7, 11) is 1.88. The minimum atomic E-state index is -0.523. The van der Waals surface area contributed by atoms with Crippen molar-refractivity contribution in [3.05, 3.63) is 40.9 Å². The SMILES string of the molecule is Cn1cc(-n2cnc3c(NCc4ncc(C5=CCN(C(=O)OC(C)(C)C)C5)s4)nc(N4CCOCC4)nc32)cn1. The predicted molar refractivity (Wildman–Crippen MR) is 152 cm³/mol. The van der Waals surface area contributed by atoms with Crippen LogP contribution < -0.4 is 10.2 Å². The minimum Gasteiger partial charge on any atom is -0.444 e. The molecule has 40 heavy (non-hydrogen) atoms. The Hall–Kier alpha value is -4.04. The van der Waals surface area contributed by atoms with E-state index in [4.69, 9.17) is 19.4 Å². The van der Waals surface area contributed by atoms with Crippen LogP contribution in [0.2, 0.25) is 0 Å². The normalized spacial score (nSPS) is 16.1. The molecule has 2 aliphatic heterocycles. The van der Waals surface area contributed by atoms with E-state index < -0.39 is 5.60 Å².